The van der Waals surface area contributed by atoms with Crippen LogP contribution in [0.1, 0.15) is 13.3 Å². The second-order valence-corrected chi connectivity index (χ2v) is 5.98. The monoisotopic (exact) mass is 299 g/mol. The van der Waals surface area contributed by atoms with E-state index in [2.05, 4.69) is 0 Å². The fourth-order valence-corrected chi connectivity index (χ4v) is 3.19. The maximum atomic E-state index is 12.3. The standard InChI is InChI=1S/C14H21NO4S/c1-2-17-11(9-15)10-20(16)12-4-5-13-14(8-12)19-7-3-6-18-13/h4-5,8,11H,2-3,6-7,9-10,15H2,1H3. The first-order valence-corrected chi connectivity index (χ1v) is 8.16. The van der Waals surface area contributed by atoms with Crippen molar-refractivity contribution in [2.45, 2.75) is 24.3 Å². The van der Waals surface area contributed by atoms with Crippen molar-refractivity contribution < 1.29 is 18.4 Å². The number of hydrogen-bond acceptors (Lipinski definition) is 5. The van der Waals surface area contributed by atoms with Gasteiger partial charge in [-0.2, -0.15) is 0 Å². The van der Waals surface area contributed by atoms with Crippen LogP contribution in [0.2, 0.25) is 0 Å². The molecule has 1 aliphatic heterocycles. The van der Waals surface area contributed by atoms with Gasteiger partial charge in [0, 0.05) is 30.5 Å². The van der Waals surface area contributed by atoms with E-state index in [4.69, 9.17) is 19.9 Å². The molecular formula is C14H21NO4S. The van der Waals surface area contributed by atoms with Crippen LogP contribution in [0.15, 0.2) is 23.1 Å². The maximum absolute atomic E-state index is 12.3. The van der Waals surface area contributed by atoms with Crippen molar-refractivity contribution in [3.63, 3.8) is 0 Å². The van der Waals surface area contributed by atoms with Crippen LogP contribution in [0, 0.1) is 0 Å². The first-order chi connectivity index (χ1) is 9.74. The van der Waals surface area contributed by atoms with Gasteiger partial charge in [0.15, 0.2) is 11.5 Å². The van der Waals surface area contributed by atoms with E-state index in [-0.39, 0.29) is 6.10 Å². The van der Waals surface area contributed by atoms with Crippen LogP contribution in [0.3, 0.4) is 0 Å². The highest BCUT2D eigenvalue weighted by atomic mass is 32.2. The molecule has 0 amide bonds. The third kappa shape index (κ3) is 3.94. The summed E-state index contributed by atoms with van der Waals surface area (Å²) < 4.78 is 28.9. The molecule has 0 saturated carbocycles. The summed E-state index contributed by atoms with van der Waals surface area (Å²) in [5, 5.41) is 0. The average molecular weight is 299 g/mol. The molecule has 6 heteroatoms. The van der Waals surface area contributed by atoms with E-state index in [9.17, 15) is 4.21 Å². The summed E-state index contributed by atoms with van der Waals surface area (Å²) in [5.74, 6) is 1.77. The molecule has 2 N–H and O–H groups in total. The second kappa shape index (κ2) is 7.61. The van der Waals surface area contributed by atoms with Crippen LogP contribution in [0.5, 0.6) is 11.5 Å². The Hall–Kier alpha value is -1.11. The topological polar surface area (TPSA) is 70.8 Å². The smallest absolute Gasteiger partial charge is 0.162 e. The van der Waals surface area contributed by atoms with Gasteiger partial charge < -0.3 is 19.9 Å². The molecule has 2 atom stereocenters. The van der Waals surface area contributed by atoms with Crippen molar-refractivity contribution in [3.8, 4) is 11.5 Å². The first kappa shape index (κ1) is 15.3. The van der Waals surface area contributed by atoms with E-state index in [1.54, 1.807) is 6.07 Å². The van der Waals surface area contributed by atoms with E-state index in [1.807, 2.05) is 19.1 Å². The molecule has 112 valence electrons. The molecule has 0 saturated heterocycles. The molecule has 1 aromatic carbocycles. The van der Waals surface area contributed by atoms with Gasteiger partial charge in [0.2, 0.25) is 0 Å². The lowest BCUT2D eigenvalue weighted by atomic mass is 10.3. The van der Waals surface area contributed by atoms with Crippen molar-refractivity contribution in [1.82, 2.24) is 0 Å². The van der Waals surface area contributed by atoms with E-state index < -0.39 is 10.8 Å². The van der Waals surface area contributed by atoms with Gasteiger partial charge >= 0.3 is 0 Å². The average Bonchev–Trinajstić information content (AvgIpc) is 2.71. The highest BCUT2D eigenvalue weighted by Crippen LogP contribution is 2.31. The fourth-order valence-electron chi connectivity index (χ4n) is 1.97. The molecular weight excluding hydrogens is 278 g/mol. The molecule has 1 aromatic rings. The lowest BCUT2D eigenvalue weighted by molar-refractivity contribution is 0.0852. The van der Waals surface area contributed by atoms with Crippen LogP contribution in [0.4, 0.5) is 0 Å². The second-order valence-electron chi connectivity index (χ2n) is 4.48. The van der Waals surface area contributed by atoms with Gasteiger partial charge in [0.05, 0.1) is 35.9 Å². The number of nitrogens with two attached hydrogens (primary N) is 1. The zero-order valence-corrected chi connectivity index (χ0v) is 12.5. The Labute approximate surface area is 121 Å². The van der Waals surface area contributed by atoms with Crippen LogP contribution >= 0.6 is 0 Å². The number of hydrogen-bond donors (Lipinski definition) is 1. The normalized spacial score (nSPS) is 17.3. The molecule has 1 heterocycles. The number of benzene rings is 1. The van der Waals surface area contributed by atoms with Gasteiger partial charge in [-0.1, -0.05) is 0 Å². The zero-order valence-electron chi connectivity index (χ0n) is 11.7. The summed E-state index contributed by atoms with van der Waals surface area (Å²) in [4.78, 5) is 0.715. The third-order valence-electron chi connectivity index (χ3n) is 2.98. The Morgan fingerprint density at radius 3 is 2.80 bits per heavy atom. The Morgan fingerprint density at radius 1 is 1.35 bits per heavy atom. The molecule has 2 rings (SSSR count). The van der Waals surface area contributed by atoms with E-state index in [0.29, 0.717) is 48.5 Å². The van der Waals surface area contributed by atoms with Gasteiger partial charge in [-0.3, -0.25) is 4.21 Å². The summed E-state index contributed by atoms with van der Waals surface area (Å²) >= 11 is 0. The van der Waals surface area contributed by atoms with Crippen LogP contribution in [0.25, 0.3) is 0 Å². The first-order valence-electron chi connectivity index (χ1n) is 6.84. The molecule has 0 radical (unpaired) electrons. The van der Waals surface area contributed by atoms with Gasteiger partial charge in [0.25, 0.3) is 0 Å². The number of ether oxygens (including phenoxy) is 3. The minimum absolute atomic E-state index is 0.184. The van der Waals surface area contributed by atoms with Gasteiger partial charge in [-0.25, -0.2) is 0 Å². The summed E-state index contributed by atoms with van der Waals surface area (Å²) in [5.41, 5.74) is 5.61. The largest absolute Gasteiger partial charge is 0.490 e. The quantitative estimate of drug-likeness (QED) is 0.858. The van der Waals surface area contributed by atoms with Crippen molar-refractivity contribution >= 4 is 10.8 Å². The minimum atomic E-state index is -1.16. The Balaban J connectivity index is 2.08. The molecule has 2 unspecified atom stereocenters. The minimum Gasteiger partial charge on any atom is -0.490 e. The Morgan fingerprint density at radius 2 is 2.10 bits per heavy atom. The molecule has 0 spiro atoms. The molecule has 0 bridgehead atoms. The van der Waals surface area contributed by atoms with Gasteiger partial charge in [0.1, 0.15) is 0 Å². The SMILES string of the molecule is CCOC(CN)CS(=O)c1ccc2c(c1)OCCCO2. The van der Waals surface area contributed by atoms with Crippen molar-refractivity contribution in [3.05, 3.63) is 18.2 Å². The number of fused-ring (bicyclic) bond motifs is 1. The van der Waals surface area contributed by atoms with Crippen LogP contribution in [-0.2, 0) is 15.5 Å². The van der Waals surface area contributed by atoms with Gasteiger partial charge in [-0.05, 0) is 19.1 Å². The Bertz CT molecular complexity index is 466. The zero-order chi connectivity index (χ0) is 14.4. The van der Waals surface area contributed by atoms with E-state index in [1.165, 1.54) is 0 Å². The third-order valence-corrected chi connectivity index (χ3v) is 4.44. The molecule has 1 aliphatic rings. The molecule has 5 nitrogen and oxygen atoms in total. The summed E-state index contributed by atoms with van der Waals surface area (Å²) in [6.07, 6.45) is 0.670. The predicted molar refractivity (Wildman–Crippen MR) is 77.8 cm³/mol. The molecule has 0 aliphatic carbocycles. The number of rotatable bonds is 6. The lowest BCUT2D eigenvalue weighted by Gasteiger charge is -2.15. The van der Waals surface area contributed by atoms with Crippen LogP contribution in [-0.4, -0.2) is 42.4 Å². The Kier molecular flexibility index (Phi) is 5.82. The highest BCUT2D eigenvalue weighted by molar-refractivity contribution is 7.85. The fraction of sp³-hybridized carbons (Fsp3) is 0.571. The maximum Gasteiger partial charge on any atom is 0.162 e. The van der Waals surface area contributed by atoms with Gasteiger partial charge in [-0.15, -0.1) is 0 Å². The summed E-state index contributed by atoms with van der Waals surface area (Å²) in [6, 6.07) is 5.41. The van der Waals surface area contributed by atoms with Crippen molar-refractivity contribution in [2.24, 2.45) is 5.73 Å². The summed E-state index contributed by atoms with van der Waals surface area (Å²) in [7, 11) is -1.16. The summed E-state index contributed by atoms with van der Waals surface area (Å²) in [6.45, 7) is 4.10. The van der Waals surface area contributed by atoms with E-state index >= 15 is 0 Å². The molecule has 20 heavy (non-hydrogen) atoms. The highest BCUT2D eigenvalue weighted by Gasteiger charge is 2.16. The lowest BCUT2D eigenvalue weighted by Crippen LogP contribution is -2.29. The molecule has 0 aromatic heterocycles. The predicted octanol–water partition coefficient (Wildman–Crippen LogP) is 1.32. The van der Waals surface area contributed by atoms with Crippen molar-refractivity contribution in [2.75, 3.05) is 32.1 Å². The van der Waals surface area contributed by atoms with Crippen molar-refractivity contribution in [1.29, 1.82) is 0 Å². The van der Waals surface area contributed by atoms with Crippen LogP contribution < -0.4 is 15.2 Å². The molecule has 0 fully saturated rings. The van der Waals surface area contributed by atoms with E-state index in [0.717, 1.165) is 6.42 Å².